The lowest BCUT2D eigenvalue weighted by molar-refractivity contribution is -0.0103. The van der Waals surface area contributed by atoms with E-state index in [1.807, 2.05) is 6.92 Å². The lowest BCUT2D eigenvalue weighted by Crippen LogP contribution is -2.48. The summed E-state index contributed by atoms with van der Waals surface area (Å²) in [7, 11) is 0. The number of aromatic nitrogens is 3. The van der Waals surface area contributed by atoms with Gasteiger partial charge in [-0.3, -0.25) is 0 Å². The van der Waals surface area contributed by atoms with Gasteiger partial charge in [-0.2, -0.15) is 4.80 Å². The van der Waals surface area contributed by atoms with E-state index < -0.39 is 5.97 Å². The third kappa shape index (κ3) is 2.62. The van der Waals surface area contributed by atoms with Crippen molar-refractivity contribution in [3.05, 3.63) is 21.9 Å². The minimum atomic E-state index is -0.409. The summed E-state index contributed by atoms with van der Waals surface area (Å²) in [6.45, 7) is 7.66. The van der Waals surface area contributed by atoms with E-state index >= 15 is 0 Å². The second-order valence-corrected chi connectivity index (χ2v) is 7.49. The van der Waals surface area contributed by atoms with Gasteiger partial charge in [-0.1, -0.05) is 25.5 Å². The molecule has 0 spiro atoms. The van der Waals surface area contributed by atoms with Crippen LogP contribution in [0.4, 0.5) is 0 Å². The Kier molecular flexibility index (Phi) is 4.14. The van der Waals surface area contributed by atoms with Gasteiger partial charge in [0.25, 0.3) is 0 Å². The summed E-state index contributed by atoms with van der Waals surface area (Å²) in [5.41, 5.74) is 2.13. The molecule has 0 aliphatic heterocycles. The molecule has 3 aliphatic carbocycles. The molecule has 1 heterocycles. The number of hydrogen-bond donors (Lipinski definition) is 0. The molecule has 6 heteroatoms. The second-order valence-electron chi connectivity index (χ2n) is 6.74. The number of esters is 1. The van der Waals surface area contributed by atoms with Gasteiger partial charge >= 0.3 is 5.97 Å². The molecule has 1 aromatic heterocycles. The van der Waals surface area contributed by atoms with Crippen molar-refractivity contribution in [2.45, 2.75) is 46.6 Å². The lowest BCUT2D eigenvalue weighted by Gasteiger charge is -2.56. The minimum absolute atomic E-state index is 0.253. The molecule has 3 aliphatic rings. The summed E-state index contributed by atoms with van der Waals surface area (Å²) in [4.78, 5) is 13.5. The van der Waals surface area contributed by atoms with Gasteiger partial charge in [-0.15, -0.1) is 10.2 Å². The Morgan fingerprint density at radius 1 is 1.50 bits per heavy atom. The molecule has 0 amide bonds. The SMILES string of the molecule is CCn1nc(Br)c(C(=O)OCCC2=CC[C@H]3C[C@@H]2C3(C)C)n1. The summed E-state index contributed by atoms with van der Waals surface area (Å²) in [5, 5.41) is 8.20. The normalized spacial score (nSPS) is 25.4. The number of rotatable bonds is 5. The highest BCUT2D eigenvalue weighted by Gasteiger charge is 2.50. The maximum absolute atomic E-state index is 12.1. The Hall–Kier alpha value is -1.17. The second kappa shape index (κ2) is 5.80. The standard InChI is InChI=1S/C16H22BrN3O2/c1-4-20-18-13(14(17)19-20)15(21)22-8-7-10-5-6-11-9-12(10)16(11,2)3/h5,11-12H,4,6-9H2,1-3H3/t11-,12-/m0/s1. The number of ether oxygens (including phenoxy) is 1. The van der Waals surface area contributed by atoms with Gasteiger partial charge in [0.15, 0.2) is 4.60 Å². The van der Waals surface area contributed by atoms with E-state index in [9.17, 15) is 4.79 Å². The van der Waals surface area contributed by atoms with Crippen molar-refractivity contribution in [2.24, 2.45) is 17.3 Å². The van der Waals surface area contributed by atoms with Gasteiger partial charge in [0, 0.05) is 6.42 Å². The summed E-state index contributed by atoms with van der Waals surface area (Å²) >= 11 is 3.25. The van der Waals surface area contributed by atoms with Gasteiger partial charge in [0.05, 0.1) is 13.2 Å². The number of allylic oxidation sites excluding steroid dienone is 1. The van der Waals surface area contributed by atoms with Crippen LogP contribution in [0.2, 0.25) is 0 Å². The Balaban J connectivity index is 1.54. The highest BCUT2D eigenvalue weighted by Crippen LogP contribution is 2.59. The molecule has 0 saturated heterocycles. The zero-order valence-electron chi connectivity index (χ0n) is 13.3. The zero-order valence-corrected chi connectivity index (χ0v) is 14.9. The van der Waals surface area contributed by atoms with Crippen LogP contribution in [0.3, 0.4) is 0 Å². The third-order valence-corrected chi connectivity index (χ3v) is 5.83. The molecule has 1 saturated carbocycles. The molecule has 0 aromatic carbocycles. The molecule has 5 nitrogen and oxygen atoms in total. The smallest absolute Gasteiger partial charge is 0.361 e. The monoisotopic (exact) mass is 367 g/mol. The number of carbonyl (C=O) groups is 1. The average Bonchev–Trinajstić information content (AvgIpc) is 2.88. The molecule has 1 aromatic rings. The van der Waals surface area contributed by atoms with Crippen LogP contribution in [0, 0.1) is 17.3 Å². The van der Waals surface area contributed by atoms with Crippen LogP contribution in [0.15, 0.2) is 16.3 Å². The van der Waals surface area contributed by atoms with Crippen LogP contribution in [-0.4, -0.2) is 27.6 Å². The first-order valence-corrected chi connectivity index (χ1v) is 8.69. The van der Waals surface area contributed by atoms with E-state index in [4.69, 9.17) is 4.74 Å². The van der Waals surface area contributed by atoms with Crippen molar-refractivity contribution < 1.29 is 9.53 Å². The average molecular weight is 368 g/mol. The van der Waals surface area contributed by atoms with Gasteiger partial charge < -0.3 is 4.74 Å². The Bertz CT molecular complexity index is 621. The topological polar surface area (TPSA) is 57.0 Å². The highest BCUT2D eigenvalue weighted by molar-refractivity contribution is 9.10. The quantitative estimate of drug-likeness (QED) is 0.589. The number of halogens is 1. The summed E-state index contributed by atoms with van der Waals surface area (Å²) in [6, 6.07) is 0. The summed E-state index contributed by atoms with van der Waals surface area (Å²) in [5.74, 6) is 1.09. The van der Waals surface area contributed by atoms with Crippen molar-refractivity contribution in [3.63, 3.8) is 0 Å². The summed E-state index contributed by atoms with van der Waals surface area (Å²) in [6.07, 6.45) is 5.64. The van der Waals surface area contributed by atoms with Crippen molar-refractivity contribution in [1.82, 2.24) is 15.0 Å². The molecule has 1 fully saturated rings. The molecular weight excluding hydrogens is 346 g/mol. The maximum atomic E-state index is 12.1. The van der Waals surface area contributed by atoms with Crippen LogP contribution in [0.1, 0.15) is 50.5 Å². The molecule has 120 valence electrons. The molecular formula is C16H22BrN3O2. The fraction of sp³-hybridized carbons (Fsp3) is 0.688. The molecule has 2 atom stereocenters. The largest absolute Gasteiger partial charge is 0.461 e. The molecule has 0 unspecified atom stereocenters. The van der Waals surface area contributed by atoms with E-state index in [2.05, 4.69) is 46.1 Å². The molecule has 0 radical (unpaired) electrons. The third-order valence-electron chi connectivity index (χ3n) is 5.30. The molecule has 2 bridgehead atoms. The van der Waals surface area contributed by atoms with E-state index in [1.165, 1.54) is 23.2 Å². The highest BCUT2D eigenvalue weighted by atomic mass is 79.9. The lowest BCUT2D eigenvalue weighted by atomic mass is 9.48. The Morgan fingerprint density at radius 3 is 2.86 bits per heavy atom. The van der Waals surface area contributed by atoms with Crippen molar-refractivity contribution in [2.75, 3.05) is 6.61 Å². The first-order valence-electron chi connectivity index (χ1n) is 7.90. The van der Waals surface area contributed by atoms with E-state index in [1.54, 1.807) is 0 Å². The fourth-order valence-corrected chi connectivity index (χ4v) is 4.11. The number of nitrogens with zero attached hydrogens (tertiary/aromatic N) is 3. The van der Waals surface area contributed by atoms with Crippen molar-refractivity contribution >= 4 is 21.9 Å². The first-order chi connectivity index (χ1) is 10.4. The first kappa shape index (κ1) is 15.7. The van der Waals surface area contributed by atoms with Crippen molar-refractivity contribution in [3.8, 4) is 0 Å². The molecule has 0 N–H and O–H groups in total. The van der Waals surface area contributed by atoms with Crippen molar-refractivity contribution in [1.29, 1.82) is 0 Å². The predicted octanol–water partition coefficient (Wildman–Crippen LogP) is 3.60. The predicted molar refractivity (Wildman–Crippen MR) is 86.4 cm³/mol. The number of carbonyl (C=O) groups excluding carboxylic acids is 1. The van der Waals surface area contributed by atoms with Crippen LogP contribution < -0.4 is 0 Å². The van der Waals surface area contributed by atoms with Crippen LogP contribution in [0.25, 0.3) is 0 Å². The molecule has 22 heavy (non-hydrogen) atoms. The Labute approximate surface area is 139 Å². The van der Waals surface area contributed by atoms with E-state index in [0.717, 1.165) is 12.3 Å². The number of hydrogen-bond acceptors (Lipinski definition) is 4. The van der Waals surface area contributed by atoms with E-state index in [0.29, 0.717) is 29.1 Å². The van der Waals surface area contributed by atoms with Crippen LogP contribution >= 0.6 is 15.9 Å². The Morgan fingerprint density at radius 2 is 2.27 bits per heavy atom. The fourth-order valence-electron chi connectivity index (χ4n) is 3.68. The minimum Gasteiger partial charge on any atom is -0.461 e. The van der Waals surface area contributed by atoms with Crippen LogP contribution in [0.5, 0.6) is 0 Å². The van der Waals surface area contributed by atoms with E-state index in [-0.39, 0.29) is 5.69 Å². The molecule has 4 rings (SSSR count). The van der Waals surface area contributed by atoms with Crippen LogP contribution in [-0.2, 0) is 11.3 Å². The van der Waals surface area contributed by atoms with Gasteiger partial charge in [-0.25, -0.2) is 4.79 Å². The summed E-state index contributed by atoms with van der Waals surface area (Å²) < 4.78 is 5.82. The van der Waals surface area contributed by atoms with Gasteiger partial charge in [0.2, 0.25) is 5.69 Å². The van der Waals surface area contributed by atoms with Gasteiger partial charge in [-0.05, 0) is 52.9 Å². The van der Waals surface area contributed by atoms with Gasteiger partial charge in [0.1, 0.15) is 0 Å². The number of aryl methyl sites for hydroxylation is 1. The maximum Gasteiger partial charge on any atom is 0.361 e. The zero-order chi connectivity index (χ0) is 15.9. The number of fused-ring (bicyclic) bond motifs is 1.